The van der Waals surface area contributed by atoms with Crippen LogP contribution in [0.25, 0.3) is 6.08 Å². The Morgan fingerprint density at radius 2 is 1.90 bits per heavy atom. The highest BCUT2D eigenvalue weighted by molar-refractivity contribution is 6.30. The van der Waals surface area contributed by atoms with Gasteiger partial charge in [-0.05, 0) is 36.6 Å². The number of amides is 2. The summed E-state index contributed by atoms with van der Waals surface area (Å²) in [5.41, 5.74) is 5.72. The van der Waals surface area contributed by atoms with Crippen LogP contribution < -0.4 is 10.9 Å². The van der Waals surface area contributed by atoms with Crippen molar-refractivity contribution in [2.24, 2.45) is 5.92 Å². The first kappa shape index (κ1) is 15.6. The molecule has 112 valence electrons. The molecule has 0 bridgehead atoms. The third-order valence-electron chi connectivity index (χ3n) is 3.56. The Hall–Kier alpha value is -1.81. The molecule has 1 aromatic carbocycles. The van der Waals surface area contributed by atoms with Gasteiger partial charge in [-0.2, -0.15) is 0 Å². The highest BCUT2D eigenvalue weighted by atomic mass is 35.5. The zero-order valence-corrected chi connectivity index (χ0v) is 12.5. The summed E-state index contributed by atoms with van der Waals surface area (Å²) in [5.74, 6) is -0.436. The third kappa shape index (κ3) is 5.23. The predicted molar refractivity (Wildman–Crippen MR) is 83.3 cm³/mol. The standard InChI is InChI=1S/C16H19ClN2O2/c17-14-8-4-5-12(11-14)9-10-15(20)18-19-16(21)13-6-2-1-3-7-13/h4-5,8-11,13H,1-3,6-7H2,(H,18,20)(H,19,21)/b10-9+. The van der Waals surface area contributed by atoms with Gasteiger partial charge in [0, 0.05) is 17.0 Å². The average Bonchev–Trinajstić information content (AvgIpc) is 2.51. The van der Waals surface area contributed by atoms with Crippen molar-refractivity contribution >= 4 is 29.5 Å². The van der Waals surface area contributed by atoms with Crippen molar-refractivity contribution in [3.8, 4) is 0 Å². The van der Waals surface area contributed by atoms with Crippen molar-refractivity contribution in [1.82, 2.24) is 10.9 Å². The van der Waals surface area contributed by atoms with Gasteiger partial charge in [-0.1, -0.05) is 43.0 Å². The van der Waals surface area contributed by atoms with Crippen LogP contribution in [0, 0.1) is 5.92 Å². The molecule has 0 aromatic heterocycles. The maximum atomic E-state index is 11.9. The molecule has 2 N–H and O–H groups in total. The topological polar surface area (TPSA) is 58.2 Å². The van der Waals surface area contributed by atoms with Gasteiger partial charge in [0.15, 0.2) is 0 Å². The summed E-state index contributed by atoms with van der Waals surface area (Å²) < 4.78 is 0. The van der Waals surface area contributed by atoms with Crippen LogP contribution in [0.5, 0.6) is 0 Å². The second-order valence-electron chi connectivity index (χ2n) is 5.20. The highest BCUT2D eigenvalue weighted by Crippen LogP contribution is 2.23. The number of hydrogen-bond donors (Lipinski definition) is 2. The van der Waals surface area contributed by atoms with E-state index in [9.17, 15) is 9.59 Å². The van der Waals surface area contributed by atoms with Crippen LogP contribution in [-0.4, -0.2) is 11.8 Å². The first-order valence-electron chi connectivity index (χ1n) is 7.18. The fourth-order valence-corrected chi connectivity index (χ4v) is 2.61. The van der Waals surface area contributed by atoms with Crippen LogP contribution in [0.3, 0.4) is 0 Å². The van der Waals surface area contributed by atoms with Crippen LogP contribution in [0.4, 0.5) is 0 Å². The summed E-state index contributed by atoms with van der Waals surface area (Å²) in [6, 6.07) is 7.18. The quantitative estimate of drug-likeness (QED) is 0.666. The average molecular weight is 307 g/mol. The summed E-state index contributed by atoms with van der Waals surface area (Å²) in [6.45, 7) is 0. The maximum Gasteiger partial charge on any atom is 0.262 e. The van der Waals surface area contributed by atoms with E-state index in [-0.39, 0.29) is 17.7 Å². The lowest BCUT2D eigenvalue weighted by atomic mass is 9.89. The molecule has 0 spiro atoms. The molecule has 2 amide bonds. The number of rotatable bonds is 3. The SMILES string of the molecule is O=C(/C=C/c1cccc(Cl)c1)NNC(=O)C1CCCCC1. The molecule has 1 aromatic rings. The van der Waals surface area contributed by atoms with E-state index >= 15 is 0 Å². The molecule has 0 atom stereocenters. The molecule has 0 radical (unpaired) electrons. The largest absolute Gasteiger partial charge is 0.273 e. The number of hydrogen-bond acceptors (Lipinski definition) is 2. The Morgan fingerprint density at radius 3 is 2.62 bits per heavy atom. The number of carbonyl (C=O) groups is 2. The van der Waals surface area contributed by atoms with E-state index in [0.29, 0.717) is 5.02 Å². The molecule has 0 heterocycles. The van der Waals surface area contributed by atoms with Crippen LogP contribution in [0.15, 0.2) is 30.3 Å². The molecule has 0 aliphatic heterocycles. The van der Waals surface area contributed by atoms with Crippen molar-refractivity contribution in [3.05, 3.63) is 40.9 Å². The molecule has 21 heavy (non-hydrogen) atoms. The fourth-order valence-electron chi connectivity index (χ4n) is 2.41. The second-order valence-corrected chi connectivity index (χ2v) is 5.64. The summed E-state index contributed by atoms with van der Waals surface area (Å²) in [7, 11) is 0. The number of halogens is 1. The van der Waals surface area contributed by atoms with E-state index < -0.39 is 0 Å². The molecule has 4 nitrogen and oxygen atoms in total. The van der Waals surface area contributed by atoms with Crippen molar-refractivity contribution in [1.29, 1.82) is 0 Å². The van der Waals surface area contributed by atoms with Crippen LogP contribution >= 0.6 is 11.6 Å². The first-order valence-corrected chi connectivity index (χ1v) is 7.56. The maximum absolute atomic E-state index is 11.9. The van der Waals surface area contributed by atoms with Crippen LogP contribution in [0.2, 0.25) is 5.02 Å². The zero-order chi connectivity index (χ0) is 15.1. The van der Waals surface area contributed by atoms with E-state index in [1.54, 1.807) is 18.2 Å². The molecule has 1 saturated carbocycles. The molecule has 1 aliphatic carbocycles. The molecule has 1 fully saturated rings. The van der Waals surface area contributed by atoms with Gasteiger partial charge in [0.05, 0.1) is 0 Å². The lowest BCUT2D eigenvalue weighted by Crippen LogP contribution is -2.44. The van der Waals surface area contributed by atoms with Gasteiger partial charge in [0.1, 0.15) is 0 Å². The van der Waals surface area contributed by atoms with Crippen molar-refractivity contribution < 1.29 is 9.59 Å². The molecule has 1 aliphatic rings. The van der Waals surface area contributed by atoms with Crippen molar-refractivity contribution in [2.75, 3.05) is 0 Å². The van der Waals surface area contributed by atoms with E-state index in [0.717, 1.165) is 31.2 Å². The van der Waals surface area contributed by atoms with Gasteiger partial charge in [0.25, 0.3) is 5.91 Å². The number of hydrazine groups is 1. The van der Waals surface area contributed by atoms with Crippen LogP contribution in [0.1, 0.15) is 37.7 Å². The van der Waals surface area contributed by atoms with Gasteiger partial charge in [-0.25, -0.2) is 0 Å². The number of benzene rings is 1. The smallest absolute Gasteiger partial charge is 0.262 e. The van der Waals surface area contributed by atoms with E-state index in [1.165, 1.54) is 12.5 Å². The molecule has 0 saturated heterocycles. The van der Waals surface area contributed by atoms with Gasteiger partial charge in [0.2, 0.25) is 5.91 Å². The van der Waals surface area contributed by atoms with Crippen molar-refractivity contribution in [2.45, 2.75) is 32.1 Å². The van der Waals surface area contributed by atoms with E-state index in [1.807, 2.05) is 12.1 Å². The number of nitrogens with one attached hydrogen (secondary N) is 2. The van der Waals surface area contributed by atoms with Crippen molar-refractivity contribution in [3.63, 3.8) is 0 Å². The zero-order valence-electron chi connectivity index (χ0n) is 11.8. The Kier molecular flexibility index (Phi) is 5.81. The summed E-state index contributed by atoms with van der Waals surface area (Å²) in [4.78, 5) is 23.5. The highest BCUT2D eigenvalue weighted by Gasteiger charge is 2.20. The Morgan fingerprint density at radius 1 is 1.14 bits per heavy atom. The van der Waals surface area contributed by atoms with E-state index in [2.05, 4.69) is 10.9 Å². The second kappa shape index (κ2) is 7.84. The summed E-state index contributed by atoms with van der Waals surface area (Å²) >= 11 is 5.86. The van der Waals surface area contributed by atoms with Gasteiger partial charge in [-0.15, -0.1) is 0 Å². The minimum Gasteiger partial charge on any atom is -0.273 e. The lowest BCUT2D eigenvalue weighted by molar-refractivity contribution is -0.130. The Balaban J connectivity index is 1.77. The Labute approximate surface area is 129 Å². The minimum absolute atomic E-state index is 0.0240. The normalized spacial score (nSPS) is 15.9. The Bertz CT molecular complexity index is 537. The monoisotopic (exact) mass is 306 g/mol. The predicted octanol–water partition coefficient (Wildman–Crippen LogP) is 3.08. The molecule has 5 heteroatoms. The van der Waals surface area contributed by atoms with E-state index in [4.69, 9.17) is 11.6 Å². The first-order chi connectivity index (χ1) is 10.1. The van der Waals surface area contributed by atoms with Gasteiger partial charge < -0.3 is 0 Å². The van der Waals surface area contributed by atoms with Gasteiger partial charge >= 0.3 is 0 Å². The molecular weight excluding hydrogens is 288 g/mol. The number of carbonyl (C=O) groups excluding carboxylic acids is 2. The van der Waals surface area contributed by atoms with Gasteiger partial charge in [-0.3, -0.25) is 20.4 Å². The molecule has 2 rings (SSSR count). The summed E-state index contributed by atoms with van der Waals surface area (Å²) in [6.07, 6.45) is 8.18. The molecule has 0 unspecified atom stereocenters. The fraction of sp³-hybridized carbons (Fsp3) is 0.375. The minimum atomic E-state index is -0.362. The lowest BCUT2D eigenvalue weighted by Gasteiger charge is -2.20. The third-order valence-corrected chi connectivity index (χ3v) is 3.80. The van der Waals surface area contributed by atoms with Crippen LogP contribution in [-0.2, 0) is 9.59 Å². The molecular formula is C16H19ClN2O2. The summed E-state index contributed by atoms with van der Waals surface area (Å²) in [5, 5.41) is 0.614.